The molecule has 0 aromatic carbocycles. The number of tetrazole rings is 1. The van der Waals surface area contributed by atoms with Crippen LogP contribution in [0.15, 0.2) is 12.5 Å². The highest BCUT2D eigenvalue weighted by molar-refractivity contribution is 5.83. The highest BCUT2D eigenvalue weighted by atomic mass is 16.2. The molecule has 1 saturated heterocycles. The smallest absolute Gasteiger partial charge is 0.233 e. The van der Waals surface area contributed by atoms with Crippen molar-refractivity contribution < 1.29 is 4.79 Å². The largest absolute Gasteiger partial charge is 0.342 e. The quantitative estimate of drug-likeness (QED) is 0.821. The SMILES string of the molecule is Cc1cncnc1C1CCN(C(=O)C2CCCCn3nnnc32)CC1. The maximum absolute atomic E-state index is 13.1. The van der Waals surface area contributed by atoms with Crippen molar-refractivity contribution in [2.75, 3.05) is 13.1 Å². The van der Waals surface area contributed by atoms with E-state index < -0.39 is 0 Å². The maximum atomic E-state index is 13.1. The van der Waals surface area contributed by atoms with Crippen LogP contribution in [0.1, 0.15) is 61.0 Å². The molecule has 0 N–H and O–H groups in total. The standard InChI is InChI=1S/C17H23N7O/c1-12-10-18-11-19-15(12)13-5-8-23(9-6-13)17(25)14-4-2-3-7-24-16(14)20-21-22-24/h10-11,13-14H,2-9H2,1H3. The molecule has 2 aromatic heterocycles. The van der Waals surface area contributed by atoms with Gasteiger partial charge in [0.05, 0.1) is 5.92 Å². The Labute approximate surface area is 146 Å². The molecule has 132 valence electrons. The minimum absolute atomic E-state index is 0.177. The van der Waals surface area contributed by atoms with Crippen LogP contribution >= 0.6 is 0 Å². The zero-order chi connectivity index (χ0) is 17.2. The van der Waals surface area contributed by atoms with Gasteiger partial charge in [0.2, 0.25) is 5.91 Å². The molecule has 4 heterocycles. The summed E-state index contributed by atoms with van der Waals surface area (Å²) in [6.45, 7) is 4.40. The van der Waals surface area contributed by atoms with Crippen LogP contribution < -0.4 is 0 Å². The first-order valence-corrected chi connectivity index (χ1v) is 9.05. The number of hydrogen-bond donors (Lipinski definition) is 0. The van der Waals surface area contributed by atoms with E-state index in [4.69, 9.17) is 0 Å². The molecule has 4 rings (SSSR count). The van der Waals surface area contributed by atoms with E-state index >= 15 is 0 Å². The number of carbonyl (C=O) groups is 1. The lowest BCUT2D eigenvalue weighted by molar-refractivity contribution is -0.134. The Morgan fingerprint density at radius 3 is 2.80 bits per heavy atom. The minimum atomic E-state index is -0.199. The number of piperidine rings is 1. The van der Waals surface area contributed by atoms with E-state index in [1.165, 1.54) is 0 Å². The number of fused-ring (bicyclic) bond motifs is 1. The normalized spacial score (nSPS) is 21.6. The predicted molar refractivity (Wildman–Crippen MR) is 89.7 cm³/mol. The number of amides is 1. The van der Waals surface area contributed by atoms with E-state index in [9.17, 15) is 4.79 Å². The zero-order valence-corrected chi connectivity index (χ0v) is 14.5. The average molecular weight is 341 g/mol. The molecule has 1 amide bonds. The van der Waals surface area contributed by atoms with E-state index in [0.29, 0.717) is 5.92 Å². The maximum Gasteiger partial charge on any atom is 0.233 e. The summed E-state index contributed by atoms with van der Waals surface area (Å²) in [6.07, 6.45) is 8.26. The van der Waals surface area contributed by atoms with Crippen LogP contribution in [-0.2, 0) is 11.3 Å². The predicted octanol–water partition coefficient (Wildman–Crippen LogP) is 1.45. The van der Waals surface area contributed by atoms with Gasteiger partial charge in [-0.05, 0) is 48.6 Å². The Kier molecular flexibility index (Phi) is 4.42. The van der Waals surface area contributed by atoms with Crippen LogP contribution in [0.2, 0.25) is 0 Å². The summed E-state index contributed by atoms with van der Waals surface area (Å²) in [7, 11) is 0. The lowest BCUT2D eigenvalue weighted by atomic mass is 9.90. The first-order chi connectivity index (χ1) is 12.2. The van der Waals surface area contributed by atoms with Crippen molar-refractivity contribution in [2.45, 2.75) is 57.4 Å². The van der Waals surface area contributed by atoms with Gasteiger partial charge >= 0.3 is 0 Å². The fraction of sp³-hybridized carbons (Fsp3) is 0.647. The summed E-state index contributed by atoms with van der Waals surface area (Å²) in [5.74, 6) is 1.12. The van der Waals surface area contributed by atoms with Crippen molar-refractivity contribution >= 4 is 5.91 Å². The molecule has 1 fully saturated rings. The third kappa shape index (κ3) is 3.12. The molecule has 0 radical (unpaired) electrons. The van der Waals surface area contributed by atoms with Gasteiger partial charge in [-0.3, -0.25) is 4.79 Å². The van der Waals surface area contributed by atoms with Crippen molar-refractivity contribution in [1.29, 1.82) is 0 Å². The summed E-state index contributed by atoms with van der Waals surface area (Å²) in [4.78, 5) is 23.6. The van der Waals surface area contributed by atoms with Crippen LogP contribution in [0.4, 0.5) is 0 Å². The third-order valence-corrected chi connectivity index (χ3v) is 5.41. The van der Waals surface area contributed by atoms with E-state index in [2.05, 4.69) is 32.4 Å². The Balaban J connectivity index is 1.44. The van der Waals surface area contributed by atoms with Crippen molar-refractivity contribution in [3.8, 4) is 0 Å². The Morgan fingerprint density at radius 1 is 1.16 bits per heavy atom. The van der Waals surface area contributed by atoms with Crippen LogP contribution in [0.5, 0.6) is 0 Å². The van der Waals surface area contributed by atoms with E-state index in [0.717, 1.165) is 68.8 Å². The number of aryl methyl sites for hydroxylation is 2. The van der Waals surface area contributed by atoms with Crippen molar-refractivity contribution in [3.63, 3.8) is 0 Å². The molecule has 8 heteroatoms. The second-order valence-corrected chi connectivity index (χ2v) is 7.00. The van der Waals surface area contributed by atoms with Crippen molar-refractivity contribution in [2.24, 2.45) is 0 Å². The molecule has 1 unspecified atom stereocenters. The molecule has 1 atom stereocenters. The third-order valence-electron chi connectivity index (χ3n) is 5.41. The molecule has 0 spiro atoms. The molecule has 2 aromatic rings. The van der Waals surface area contributed by atoms with Gasteiger partial charge in [0.25, 0.3) is 0 Å². The first kappa shape index (κ1) is 16.1. The molecule has 25 heavy (non-hydrogen) atoms. The highest BCUT2D eigenvalue weighted by Gasteiger charge is 2.34. The van der Waals surface area contributed by atoms with Crippen LogP contribution in [0, 0.1) is 6.92 Å². The molecule has 8 nitrogen and oxygen atoms in total. The second-order valence-electron chi connectivity index (χ2n) is 7.00. The average Bonchev–Trinajstić information content (AvgIpc) is 3.01. The monoisotopic (exact) mass is 341 g/mol. The zero-order valence-electron chi connectivity index (χ0n) is 14.5. The number of nitrogens with zero attached hydrogens (tertiary/aromatic N) is 7. The summed E-state index contributed by atoms with van der Waals surface area (Å²) in [5, 5.41) is 11.9. The van der Waals surface area contributed by atoms with Gasteiger partial charge < -0.3 is 4.90 Å². The molecule has 0 saturated carbocycles. The van der Waals surface area contributed by atoms with Gasteiger partial charge in [-0.25, -0.2) is 14.6 Å². The van der Waals surface area contributed by atoms with Gasteiger partial charge in [0.15, 0.2) is 5.82 Å². The van der Waals surface area contributed by atoms with E-state index in [1.807, 2.05) is 11.1 Å². The van der Waals surface area contributed by atoms with Crippen molar-refractivity contribution in [3.05, 3.63) is 29.6 Å². The van der Waals surface area contributed by atoms with Gasteiger partial charge in [-0.15, -0.1) is 5.10 Å². The summed E-state index contributed by atoms with van der Waals surface area (Å²) in [6, 6.07) is 0. The first-order valence-electron chi connectivity index (χ1n) is 9.05. The van der Waals surface area contributed by atoms with Gasteiger partial charge in [0, 0.05) is 37.4 Å². The molecule has 2 aliphatic rings. The summed E-state index contributed by atoms with van der Waals surface area (Å²) < 4.78 is 1.80. The fourth-order valence-electron chi connectivity index (χ4n) is 4.02. The molecular weight excluding hydrogens is 318 g/mol. The second kappa shape index (κ2) is 6.85. The number of rotatable bonds is 2. The Bertz CT molecular complexity index is 751. The highest BCUT2D eigenvalue weighted by Crippen LogP contribution is 2.31. The van der Waals surface area contributed by atoms with Gasteiger partial charge in [0.1, 0.15) is 6.33 Å². The Morgan fingerprint density at radius 2 is 2.00 bits per heavy atom. The topological polar surface area (TPSA) is 89.7 Å². The summed E-state index contributed by atoms with van der Waals surface area (Å²) in [5.41, 5.74) is 2.26. The van der Waals surface area contributed by atoms with E-state index in [-0.39, 0.29) is 11.8 Å². The van der Waals surface area contributed by atoms with Gasteiger partial charge in [-0.2, -0.15) is 0 Å². The molecule has 2 aliphatic heterocycles. The molecule has 0 aliphatic carbocycles. The summed E-state index contributed by atoms with van der Waals surface area (Å²) >= 11 is 0. The van der Waals surface area contributed by atoms with Crippen molar-refractivity contribution in [1.82, 2.24) is 35.1 Å². The molecular formula is C17H23N7O. The number of hydrogen-bond acceptors (Lipinski definition) is 6. The molecule has 0 bridgehead atoms. The van der Waals surface area contributed by atoms with E-state index in [1.54, 1.807) is 11.0 Å². The minimum Gasteiger partial charge on any atom is -0.342 e. The lowest BCUT2D eigenvalue weighted by Gasteiger charge is -2.34. The number of likely N-dealkylation sites (tertiary alicyclic amines) is 1. The fourth-order valence-corrected chi connectivity index (χ4v) is 4.02. The number of aromatic nitrogens is 6. The van der Waals surface area contributed by atoms with Crippen LogP contribution in [0.3, 0.4) is 0 Å². The Hall–Kier alpha value is -2.38. The number of carbonyl (C=O) groups excluding carboxylic acids is 1. The van der Waals surface area contributed by atoms with Crippen LogP contribution in [0.25, 0.3) is 0 Å². The van der Waals surface area contributed by atoms with Gasteiger partial charge in [-0.1, -0.05) is 6.42 Å². The lowest BCUT2D eigenvalue weighted by Crippen LogP contribution is -2.41. The van der Waals surface area contributed by atoms with Crippen LogP contribution in [-0.4, -0.2) is 54.1 Å².